The van der Waals surface area contributed by atoms with Crippen LogP contribution in [-0.2, 0) is 22.7 Å². The Hall–Kier alpha value is -0.920. The number of nitrogens with zero attached hydrogens (tertiary/aromatic N) is 2. The van der Waals surface area contributed by atoms with Crippen molar-refractivity contribution in [3.63, 3.8) is 0 Å². The lowest BCUT2D eigenvalue weighted by Crippen LogP contribution is -2.52. The summed E-state index contributed by atoms with van der Waals surface area (Å²) in [6.07, 6.45) is 5.46. The third-order valence-corrected chi connectivity index (χ3v) is 9.27. The van der Waals surface area contributed by atoms with E-state index in [1.165, 1.54) is 23.3 Å². The Balaban J connectivity index is 1.36. The van der Waals surface area contributed by atoms with Gasteiger partial charge in [0.1, 0.15) is 0 Å². The summed E-state index contributed by atoms with van der Waals surface area (Å²) in [5.41, 5.74) is 1.39. The average molecular weight is 397 g/mol. The van der Waals surface area contributed by atoms with E-state index in [1.54, 1.807) is 11.3 Å². The summed E-state index contributed by atoms with van der Waals surface area (Å²) in [7, 11) is -2.85. The highest BCUT2D eigenvalue weighted by Crippen LogP contribution is 2.34. The summed E-state index contributed by atoms with van der Waals surface area (Å²) in [5.74, 6) is 1.54. The van der Waals surface area contributed by atoms with Crippen LogP contribution in [0.2, 0.25) is 0 Å². The zero-order valence-corrected chi connectivity index (χ0v) is 17.1. The molecule has 3 heterocycles. The summed E-state index contributed by atoms with van der Waals surface area (Å²) in [5, 5.41) is 0. The van der Waals surface area contributed by atoms with Crippen LogP contribution in [0.25, 0.3) is 0 Å². The normalized spacial score (nSPS) is 28.9. The number of aryl methyl sites for hydroxylation is 1. The molecule has 1 aliphatic carbocycles. The Morgan fingerprint density at radius 1 is 1.23 bits per heavy atom. The van der Waals surface area contributed by atoms with Crippen molar-refractivity contribution in [3.8, 4) is 0 Å². The van der Waals surface area contributed by atoms with Crippen molar-refractivity contribution in [1.29, 1.82) is 0 Å². The van der Waals surface area contributed by atoms with E-state index in [1.807, 2.05) is 4.90 Å². The second-order valence-electron chi connectivity index (χ2n) is 7.96. The number of hydrogen-bond acceptors (Lipinski definition) is 5. The molecule has 0 aromatic carbocycles. The largest absolute Gasteiger partial charge is 0.335 e. The molecule has 0 spiro atoms. The first-order valence-corrected chi connectivity index (χ1v) is 12.4. The zero-order chi connectivity index (χ0) is 18.3. The second kappa shape index (κ2) is 7.24. The maximum atomic E-state index is 12.9. The Morgan fingerprint density at radius 3 is 2.65 bits per heavy atom. The molecule has 0 bridgehead atoms. The molecular weight excluding hydrogens is 368 g/mol. The molecule has 0 saturated carbocycles. The summed E-state index contributed by atoms with van der Waals surface area (Å²) in [4.78, 5) is 19.4. The highest BCUT2D eigenvalue weighted by atomic mass is 32.2. The molecule has 26 heavy (non-hydrogen) atoms. The molecule has 1 aromatic heterocycles. The van der Waals surface area contributed by atoms with Crippen LogP contribution in [-0.4, -0.2) is 67.9 Å². The molecule has 3 aliphatic rings. The van der Waals surface area contributed by atoms with Crippen LogP contribution in [0.4, 0.5) is 0 Å². The van der Waals surface area contributed by atoms with Gasteiger partial charge in [-0.2, -0.15) is 0 Å². The highest BCUT2D eigenvalue weighted by Gasteiger charge is 2.34. The Kier molecular flexibility index (Phi) is 5.14. The highest BCUT2D eigenvalue weighted by molar-refractivity contribution is 7.91. The van der Waals surface area contributed by atoms with Crippen LogP contribution in [0.15, 0.2) is 6.07 Å². The van der Waals surface area contributed by atoms with E-state index in [0.717, 1.165) is 43.1 Å². The number of sulfone groups is 1. The lowest BCUT2D eigenvalue weighted by atomic mass is 9.87. The van der Waals surface area contributed by atoms with Crippen LogP contribution in [0, 0.1) is 5.92 Å². The fourth-order valence-corrected chi connectivity index (χ4v) is 7.50. The van der Waals surface area contributed by atoms with Gasteiger partial charge in [-0.25, -0.2) is 8.42 Å². The van der Waals surface area contributed by atoms with Crippen LogP contribution in [0.3, 0.4) is 0 Å². The number of carbonyl (C=O) groups is 1. The maximum Gasteiger partial charge on any atom is 0.264 e. The van der Waals surface area contributed by atoms with E-state index in [9.17, 15) is 13.2 Å². The van der Waals surface area contributed by atoms with E-state index in [2.05, 4.69) is 17.9 Å². The predicted octanol–water partition coefficient (Wildman–Crippen LogP) is 2.21. The van der Waals surface area contributed by atoms with E-state index >= 15 is 0 Å². The van der Waals surface area contributed by atoms with Gasteiger partial charge in [0.2, 0.25) is 0 Å². The van der Waals surface area contributed by atoms with Gasteiger partial charge in [0.15, 0.2) is 9.84 Å². The predicted molar refractivity (Wildman–Crippen MR) is 105 cm³/mol. The lowest BCUT2D eigenvalue weighted by molar-refractivity contribution is 0.0592. The number of carbonyl (C=O) groups excluding carboxylic acids is 1. The molecule has 2 unspecified atom stereocenters. The maximum absolute atomic E-state index is 12.9. The Labute approximate surface area is 160 Å². The zero-order valence-electron chi connectivity index (χ0n) is 15.4. The van der Waals surface area contributed by atoms with Crippen molar-refractivity contribution < 1.29 is 13.2 Å². The molecule has 0 N–H and O–H groups in total. The summed E-state index contributed by atoms with van der Waals surface area (Å²) >= 11 is 1.69. The van der Waals surface area contributed by atoms with E-state index in [-0.39, 0.29) is 17.7 Å². The number of rotatable bonds is 3. The molecule has 7 heteroatoms. The average Bonchev–Trinajstić information content (AvgIpc) is 3.23. The first-order chi connectivity index (χ1) is 12.4. The van der Waals surface area contributed by atoms with Crippen LogP contribution in [0.5, 0.6) is 0 Å². The molecule has 1 aromatic rings. The van der Waals surface area contributed by atoms with Crippen molar-refractivity contribution in [2.75, 3.05) is 37.7 Å². The topological polar surface area (TPSA) is 57.7 Å². The summed E-state index contributed by atoms with van der Waals surface area (Å²) in [6.45, 7) is 5.23. The minimum absolute atomic E-state index is 0.150. The molecule has 1 amide bonds. The van der Waals surface area contributed by atoms with Gasteiger partial charge in [0, 0.05) is 37.1 Å². The molecule has 144 valence electrons. The van der Waals surface area contributed by atoms with Crippen molar-refractivity contribution in [2.24, 2.45) is 5.92 Å². The molecule has 4 rings (SSSR count). The van der Waals surface area contributed by atoms with Crippen LogP contribution < -0.4 is 0 Å². The first kappa shape index (κ1) is 18.4. The first-order valence-electron chi connectivity index (χ1n) is 9.80. The number of fused-ring (bicyclic) bond motifs is 1. The fraction of sp³-hybridized carbons (Fsp3) is 0.737. The minimum atomic E-state index is -2.85. The van der Waals surface area contributed by atoms with Gasteiger partial charge in [-0.15, -0.1) is 11.3 Å². The minimum Gasteiger partial charge on any atom is -0.335 e. The molecule has 2 saturated heterocycles. The molecule has 2 aliphatic heterocycles. The molecule has 0 radical (unpaired) electrons. The fourth-order valence-electron chi connectivity index (χ4n) is 4.56. The number of thiophene rings is 1. The number of amides is 1. The summed E-state index contributed by atoms with van der Waals surface area (Å²) < 4.78 is 23.4. The SMILES string of the molecule is CCC1CCc2sc(C(=O)N3CCN(C4CCS(=O)(=O)C4)CC3)cc2C1. The quantitative estimate of drug-likeness (QED) is 0.786. The van der Waals surface area contributed by atoms with Crippen molar-refractivity contribution in [1.82, 2.24) is 9.80 Å². The van der Waals surface area contributed by atoms with Crippen LogP contribution in [0.1, 0.15) is 46.3 Å². The van der Waals surface area contributed by atoms with E-state index in [4.69, 9.17) is 0 Å². The van der Waals surface area contributed by atoms with E-state index < -0.39 is 9.84 Å². The van der Waals surface area contributed by atoms with Crippen molar-refractivity contribution in [2.45, 2.75) is 45.1 Å². The number of piperazine rings is 1. The van der Waals surface area contributed by atoms with Crippen molar-refractivity contribution in [3.05, 3.63) is 21.4 Å². The molecular formula is C19H28N2O3S2. The smallest absolute Gasteiger partial charge is 0.264 e. The van der Waals surface area contributed by atoms with Gasteiger partial charge < -0.3 is 4.90 Å². The number of hydrogen-bond donors (Lipinski definition) is 0. The van der Waals surface area contributed by atoms with Gasteiger partial charge in [-0.1, -0.05) is 13.3 Å². The Bertz CT molecular complexity index is 779. The molecule has 2 fully saturated rings. The van der Waals surface area contributed by atoms with Gasteiger partial charge in [0.25, 0.3) is 5.91 Å². The molecule has 5 nitrogen and oxygen atoms in total. The van der Waals surface area contributed by atoms with Gasteiger partial charge in [-0.3, -0.25) is 9.69 Å². The second-order valence-corrected chi connectivity index (χ2v) is 11.3. The summed E-state index contributed by atoms with van der Waals surface area (Å²) in [6, 6.07) is 2.29. The van der Waals surface area contributed by atoms with E-state index in [0.29, 0.717) is 18.8 Å². The molecule has 2 atom stereocenters. The van der Waals surface area contributed by atoms with Crippen molar-refractivity contribution >= 4 is 27.1 Å². The van der Waals surface area contributed by atoms with Gasteiger partial charge in [-0.05, 0) is 43.2 Å². The standard InChI is InChI=1S/C19H28N2O3S2/c1-2-14-3-4-17-15(11-14)12-18(25-17)19(22)21-8-6-20(7-9-21)16-5-10-26(23,24)13-16/h12,14,16H,2-11,13H2,1H3. The Morgan fingerprint density at radius 2 is 2.00 bits per heavy atom. The monoisotopic (exact) mass is 396 g/mol. The van der Waals surface area contributed by atoms with Crippen LogP contribution >= 0.6 is 11.3 Å². The van der Waals surface area contributed by atoms with Gasteiger partial charge >= 0.3 is 0 Å². The lowest BCUT2D eigenvalue weighted by Gasteiger charge is -2.37. The third kappa shape index (κ3) is 3.71. The third-order valence-electron chi connectivity index (χ3n) is 6.30. The van der Waals surface area contributed by atoms with Gasteiger partial charge in [0.05, 0.1) is 16.4 Å².